The van der Waals surface area contributed by atoms with E-state index >= 15 is 0 Å². The molecule has 1 rings (SSSR count). The molecule has 5 heteroatoms. The molecule has 1 aromatic heterocycles. The van der Waals surface area contributed by atoms with Crippen molar-refractivity contribution in [1.82, 2.24) is 9.97 Å². The fraction of sp³-hybridized carbons (Fsp3) is 0. The summed E-state index contributed by atoms with van der Waals surface area (Å²) < 4.78 is 0.359. The molecule has 0 aliphatic carbocycles. The minimum absolute atomic E-state index is 0. The van der Waals surface area contributed by atoms with Crippen molar-refractivity contribution in [1.29, 1.82) is 0 Å². The van der Waals surface area contributed by atoms with Gasteiger partial charge in [-0.05, 0) is 12.2 Å². The summed E-state index contributed by atoms with van der Waals surface area (Å²) in [4.78, 5) is 15.4. The Bertz CT molecular complexity index is 253. The first kappa shape index (κ1) is 8.03. The normalized spacial score (nSPS) is 8.00. The van der Waals surface area contributed by atoms with E-state index in [0.29, 0.717) is 4.77 Å². The number of nitrogens with one attached hydrogen (secondary N) is 2. The molecule has 1 aromatic rings. The van der Waals surface area contributed by atoms with E-state index < -0.39 is 0 Å². The highest BCUT2D eigenvalue weighted by Gasteiger charge is 1.74. The number of aromatic amines is 2. The van der Waals surface area contributed by atoms with Gasteiger partial charge in [0.15, 0.2) is 4.77 Å². The Labute approximate surface area is 55.1 Å². The molecule has 0 aromatic carbocycles. The number of hydrogen-bond acceptors (Lipinski definition) is 2. The molecule has 0 aliphatic rings. The predicted octanol–water partition coefficient (Wildman–Crippen LogP) is 0.585. The molecule has 0 unspecified atom stereocenters. The Balaban J connectivity index is 0.000000640. The maximum Gasteiger partial charge on any atom is 0.251 e. The largest absolute Gasteiger partial charge is 0.339 e. The standard InChI is InChI=1S/C4H4N2OS.FH/c7-3-1-2-5-4(8)6-3;/h1-2H,(H2,5,6,7,8);1H. The van der Waals surface area contributed by atoms with E-state index in [9.17, 15) is 4.79 Å². The Morgan fingerprint density at radius 1 is 1.56 bits per heavy atom. The molecule has 0 amide bonds. The summed E-state index contributed by atoms with van der Waals surface area (Å²) in [6, 6.07) is 1.37. The van der Waals surface area contributed by atoms with E-state index in [1.807, 2.05) is 0 Å². The lowest BCUT2D eigenvalue weighted by atomic mass is 10.7. The maximum atomic E-state index is 10.3. The van der Waals surface area contributed by atoms with E-state index in [1.54, 1.807) is 0 Å². The summed E-state index contributed by atoms with van der Waals surface area (Å²) >= 11 is 4.59. The van der Waals surface area contributed by atoms with Crippen LogP contribution in [0.1, 0.15) is 0 Å². The maximum absolute atomic E-state index is 10.3. The van der Waals surface area contributed by atoms with Crippen molar-refractivity contribution in [3.8, 4) is 0 Å². The minimum atomic E-state index is -0.172. The molecule has 0 aliphatic heterocycles. The van der Waals surface area contributed by atoms with Crippen LogP contribution in [0.3, 0.4) is 0 Å². The van der Waals surface area contributed by atoms with E-state index in [2.05, 4.69) is 22.2 Å². The van der Waals surface area contributed by atoms with Gasteiger partial charge >= 0.3 is 0 Å². The van der Waals surface area contributed by atoms with Crippen molar-refractivity contribution < 1.29 is 4.70 Å². The molecule has 3 nitrogen and oxygen atoms in total. The van der Waals surface area contributed by atoms with Gasteiger partial charge in [0.25, 0.3) is 5.56 Å². The topological polar surface area (TPSA) is 48.6 Å². The van der Waals surface area contributed by atoms with E-state index in [1.165, 1.54) is 12.3 Å². The zero-order valence-corrected chi connectivity index (χ0v) is 5.20. The SMILES string of the molecule is F.O=c1cc[nH]c(=S)[nH]1. The first-order valence-corrected chi connectivity index (χ1v) is 2.48. The molecule has 2 N–H and O–H groups in total. The lowest BCUT2D eigenvalue weighted by Crippen LogP contribution is -2.02. The molecular formula is C4H5FN2OS. The van der Waals surface area contributed by atoms with E-state index in [0.717, 1.165) is 0 Å². The van der Waals surface area contributed by atoms with Crippen LogP contribution in [-0.4, -0.2) is 9.97 Å². The third-order valence-electron chi connectivity index (χ3n) is 0.686. The van der Waals surface area contributed by atoms with Crippen molar-refractivity contribution in [2.45, 2.75) is 0 Å². The minimum Gasteiger partial charge on any atom is -0.339 e. The first-order chi connectivity index (χ1) is 3.79. The van der Waals surface area contributed by atoms with Crippen molar-refractivity contribution in [3.05, 3.63) is 27.4 Å². The lowest BCUT2D eigenvalue weighted by molar-refractivity contribution is 1.09. The van der Waals surface area contributed by atoms with E-state index in [4.69, 9.17) is 0 Å². The fourth-order valence-electron chi connectivity index (χ4n) is 0.383. The summed E-state index contributed by atoms with van der Waals surface area (Å²) in [6.07, 6.45) is 1.50. The Morgan fingerprint density at radius 2 is 2.22 bits per heavy atom. The molecule has 0 radical (unpaired) electrons. The summed E-state index contributed by atoms with van der Waals surface area (Å²) in [6.45, 7) is 0. The smallest absolute Gasteiger partial charge is 0.251 e. The van der Waals surface area contributed by atoms with Gasteiger partial charge < -0.3 is 4.98 Å². The third-order valence-corrected chi connectivity index (χ3v) is 0.906. The second kappa shape index (κ2) is 3.13. The highest BCUT2D eigenvalue weighted by molar-refractivity contribution is 7.71. The third kappa shape index (κ3) is 2.18. The molecular weight excluding hydrogens is 143 g/mol. The summed E-state index contributed by atoms with van der Waals surface area (Å²) in [5.41, 5.74) is -0.172. The van der Waals surface area contributed by atoms with Gasteiger partial charge in [-0.25, -0.2) is 0 Å². The van der Waals surface area contributed by atoms with Crippen LogP contribution in [0.2, 0.25) is 0 Å². The van der Waals surface area contributed by atoms with Crippen LogP contribution in [0.15, 0.2) is 17.1 Å². The molecule has 0 atom stereocenters. The van der Waals surface area contributed by atoms with Crippen molar-refractivity contribution >= 4 is 12.2 Å². The average molecular weight is 148 g/mol. The van der Waals surface area contributed by atoms with Crippen LogP contribution in [0.4, 0.5) is 4.70 Å². The molecule has 1 heterocycles. The second-order valence-electron chi connectivity index (χ2n) is 1.30. The average Bonchev–Trinajstić information content (AvgIpc) is 1.64. The van der Waals surface area contributed by atoms with Gasteiger partial charge in [-0.1, -0.05) is 0 Å². The highest BCUT2D eigenvalue weighted by Crippen LogP contribution is 1.67. The molecule has 9 heavy (non-hydrogen) atoms. The monoisotopic (exact) mass is 148 g/mol. The number of H-pyrrole nitrogens is 2. The van der Waals surface area contributed by atoms with Crippen molar-refractivity contribution in [2.24, 2.45) is 0 Å². The van der Waals surface area contributed by atoms with Crippen LogP contribution in [0.25, 0.3) is 0 Å². The quantitative estimate of drug-likeness (QED) is 0.529. The van der Waals surface area contributed by atoms with E-state index in [-0.39, 0.29) is 10.3 Å². The van der Waals surface area contributed by atoms with Crippen LogP contribution >= 0.6 is 12.2 Å². The molecule has 0 saturated heterocycles. The number of rotatable bonds is 0. The van der Waals surface area contributed by atoms with Crippen LogP contribution in [0.5, 0.6) is 0 Å². The Hall–Kier alpha value is -0.970. The van der Waals surface area contributed by atoms with Gasteiger partial charge in [-0.15, -0.1) is 0 Å². The molecule has 0 bridgehead atoms. The number of hydrogen-bond donors (Lipinski definition) is 2. The zero-order valence-electron chi connectivity index (χ0n) is 4.38. The highest BCUT2D eigenvalue weighted by atomic mass is 32.1. The molecule has 0 fully saturated rings. The summed E-state index contributed by atoms with van der Waals surface area (Å²) in [5, 5.41) is 0. The molecule has 0 spiro atoms. The van der Waals surface area contributed by atoms with Crippen LogP contribution in [-0.2, 0) is 0 Å². The van der Waals surface area contributed by atoms with Gasteiger partial charge in [0.2, 0.25) is 0 Å². The van der Waals surface area contributed by atoms with Gasteiger partial charge in [-0.2, -0.15) is 0 Å². The molecule has 50 valence electrons. The van der Waals surface area contributed by atoms with Crippen LogP contribution < -0.4 is 5.56 Å². The Morgan fingerprint density at radius 3 is 2.56 bits per heavy atom. The van der Waals surface area contributed by atoms with Crippen LogP contribution in [0, 0.1) is 4.77 Å². The first-order valence-electron chi connectivity index (χ1n) is 2.07. The fourth-order valence-corrected chi connectivity index (χ4v) is 0.551. The van der Waals surface area contributed by atoms with Gasteiger partial charge in [0.05, 0.1) is 0 Å². The van der Waals surface area contributed by atoms with Crippen molar-refractivity contribution in [2.75, 3.05) is 0 Å². The van der Waals surface area contributed by atoms with Gasteiger partial charge in [0.1, 0.15) is 0 Å². The predicted molar refractivity (Wildman–Crippen MR) is 34.8 cm³/mol. The number of halogens is 1. The summed E-state index contributed by atoms with van der Waals surface area (Å²) in [7, 11) is 0. The van der Waals surface area contributed by atoms with Gasteiger partial charge in [0, 0.05) is 12.3 Å². The lowest BCUT2D eigenvalue weighted by Gasteiger charge is -1.78. The van der Waals surface area contributed by atoms with Gasteiger partial charge in [-0.3, -0.25) is 14.5 Å². The summed E-state index contributed by atoms with van der Waals surface area (Å²) in [5.74, 6) is 0. The van der Waals surface area contributed by atoms with Crippen molar-refractivity contribution in [3.63, 3.8) is 0 Å². The Kier molecular flexibility index (Phi) is 2.80. The number of aromatic nitrogens is 2. The second-order valence-corrected chi connectivity index (χ2v) is 1.70. The molecule has 0 saturated carbocycles. The zero-order chi connectivity index (χ0) is 5.98.